The van der Waals surface area contributed by atoms with E-state index in [9.17, 15) is 18.4 Å². The average molecular weight is 347 g/mol. The van der Waals surface area contributed by atoms with Gasteiger partial charge in [0.15, 0.2) is 0 Å². The highest BCUT2D eigenvalue weighted by atomic mass is 19.1. The van der Waals surface area contributed by atoms with E-state index in [1.807, 2.05) is 0 Å². The summed E-state index contributed by atoms with van der Waals surface area (Å²) in [5.74, 6) is -1.94. The Bertz CT molecular complexity index is 729. The van der Waals surface area contributed by atoms with Crippen LogP contribution in [0.25, 0.3) is 0 Å². The van der Waals surface area contributed by atoms with Crippen molar-refractivity contribution in [3.05, 3.63) is 65.7 Å². The fourth-order valence-electron chi connectivity index (χ4n) is 2.50. The number of carbonyl (C=O) groups excluding carboxylic acids is 2. The summed E-state index contributed by atoms with van der Waals surface area (Å²) in [5.41, 5.74) is 1.12. The molecule has 0 heterocycles. The molecule has 0 aliphatic rings. The quantitative estimate of drug-likeness (QED) is 0.586. The number of carbonyl (C=O) groups is 2. The van der Waals surface area contributed by atoms with Gasteiger partial charge in [0.05, 0.1) is 12.6 Å². The van der Waals surface area contributed by atoms with Crippen molar-refractivity contribution in [3.8, 4) is 0 Å². The molecule has 0 N–H and O–H groups in total. The third kappa shape index (κ3) is 4.86. The monoisotopic (exact) mass is 347 g/mol. The van der Waals surface area contributed by atoms with Crippen LogP contribution in [0.4, 0.5) is 14.5 Å². The van der Waals surface area contributed by atoms with E-state index in [0.717, 1.165) is 0 Å². The van der Waals surface area contributed by atoms with Gasteiger partial charge in [-0.15, -0.1) is 0 Å². The molecule has 0 bridgehead atoms. The van der Waals surface area contributed by atoms with Crippen molar-refractivity contribution in [1.29, 1.82) is 0 Å². The molecule has 0 aromatic heterocycles. The SMILES string of the molecule is CCOC(=O)CC(=O)N(c1ccc(F)cc1)C(C)c1ccc(F)cc1. The number of hydrogen-bond acceptors (Lipinski definition) is 3. The van der Waals surface area contributed by atoms with Gasteiger partial charge in [-0.25, -0.2) is 8.78 Å². The summed E-state index contributed by atoms with van der Waals surface area (Å²) in [6.07, 6.45) is -0.434. The van der Waals surface area contributed by atoms with E-state index in [4.69, 9.17) is 4.74 Å². The van der Waals surface area contributed by atoms with Gasteiger partial charge in [0, 0.05) is 5.69 Å². The second kappa shape index (κ2) is 8.37. The maximum atomic E-state index is 13.2. The van der Waals surface area contributed by atoms with E-state index in [1.54, 1.807) is 26.0 Å². The highest BCUT2D eigenvalue weighted by Crippen LogP contribution is 2.28. The number of amides is 1. The van der Waals surface area contributed by atoms with Crippen LogP contribution in [0.15, 0.2) is 48.5 Å². The lowest BCUT2D eigenvalue weighted by atomic mass is 10.1. The minimum absolute atomic E-state index is 0.177. The highest BCUT2D eigenvalue weighted by molar-refractivity contribution is 6.03. The fourth-order valence-corrected chi connectivity index (χ4v) is 2.50. The van der Waals surface area contributed by atoms with Gasteiger partial charge in [0.25, 0.3) is 0 Å². The molecule has 0 aliphatic heterocycles. The molecule has 1 unspecified atom stereocenters. The molecule has 0 radical (unpaired) electrons. The van der Waals surface area contributed by atoms with Crippen molar-refractivity contribution in [2.45, 2.75) is 26.3 Å². The summed E-state index contributed by atoms with van der Waals surface area (Å²) < 4.78 is 31.2. The van der Waals surface area contributed by atoms with Crippen LogP contribution in [0.2, 0.25) is 0 Å². The van der Waals surface area contributed by atoms with Crippen molar-refractivity contribution in [1.82, 2.24) is 0 Å². The first-order valence-electron chi connectivity index (χ1n) is 7.91. The first kappa shape index (κ1) is 18.6. The van der Waals surface area contributed by atoms with Crippen LogP contribution in [0.5, 0.6) is 0 Å². The standard InChI is InChI=1S/C19H19F2NO3/c1-3-25-19(24)12-18(23)22(17-10-8-16(21)9-11-17)13(2)14-4-6-15(20)7-5-14/h4-11,13H,3,12H2,1-2H3. The van der Waals surface area contributed by atoms with E-state index in [-0.39, 0.29) is 12.4 Å². The summed E-state index contributed by atoms with van der Waals surface area (Å²) >= 11 is 0. The molecular formula is C19H19F2NO3. The number of benzene rings is 2. The second-order valence-corrected chi connectivity index (χ2v) is 5.45. The lowest BCUT2D eigenvalue weighted by Crippen LogP contribution is -2.35. The van der Waals surface area contributed by atoms with Crippen molar-refractivity contribution in [2.24, 2.45) is 0 Å². The van der Waals surface area contributed by atoms with Crippen molar-refractivity contribution in [2.75, 3.05) is 11.5 Å². The zero-order chi connectivity index (χ0) is 18.4. The Morgan fingerprint density at radius 2 is 1.52 bits per heavy atom. The molecule has 0 fully saturated rings. The summed E-state index contributed by atoms with van der Waals surface area (Å²) in [6.45, 7) is 3.58. The average Bonchev–Trinajstić information content (AvgIpc) is 2.57. The predicted molar refractivity (Wildman–Crippen MR) is 90.0 cm³/mol. The topological polar surface area (TPSA) is 46.6 Å². The Balaban J connectivity index is 2.33. The Labute approximate surface area is 145 Å². The molecule has 4 nitrogen and oxygen atoms in total. The minimum Gasteiger partial charge on any atom is -0.466 e. The van der Waals surface area contributed by atoms with E-state index in [2.05, 4.69) is 0 Å². The molecule has 0 aliphatic carbocycles. The van der Waals surface area contributed by atoms with Crippen LogP contribution in [-0.2, 0) is 14.3 Å². The molecule has 2 aromatic rings. The molecular weight excluding hydrogens is 328 g/mol. The van der Waals surface area contributed by atoms with Crippen LogP contribution < -0.4 is 4.90 Å². The number of hydrogen-bond donors (Lipinski definition) is 0. The van der Waals surface area contributed by atoms with Gasteiger partial charge in [-0.05, 0) is 55.8 Å². The molecule has 0 saturated heterocycles. The maximum absolute atomic E-state index is 13.2. The summed E-state index contributed by atoms with van der Waals surface area (Å²) in [4.78, 5) is 25.7. The molecule has 2 aromatic carbocycles. The summed E-state index contributed by atoms with van der Waals surface area (Å²) in [6, 6.07) is 10.6. The van der Waals surface area contributed by atoms with Gasteiger partial charge >= 0.3 is 5.97 Å². The van der Waals surface area contributed by atoms with Crippen molar-refractivity contribution < 1.29 is 23.1 Å². The Morgan fingerprint density at radius 1 is 1.00 bits per heavy atom. The number of nitrogens with zero attached hydrogens (tertiary/aromatic N) is 1. The van der Waals surface area contributed by atoms with Crippen LogP contribution >= 0.6 is 0 Å². The second-order valence-electron chi connectivity index (χ2n) is 5.45. The molecule has 2 rings (SSSR count). The Kier molecular flexibility index (Phi) is 6.22. The third-order valence-corrected chi connectivity index (χ3v) is 3.71. The number of ether oxygens (including phenoxy) is 1. The molecule has 0 saturated carbocycles. The smallest absolute Gasteiger partial charge is 0.315 e. The van der Waals surface area contributed by atoms with E-state index >= 15 is 0 Å². The number of rotatable bonds is 6. The first-order chi connectivity index (χ1) is 11.9. The normalized spacial score (nSPS) is 11.7. The van der Waals surface area contributed by atoms with E-state index in [1.165, 1.54) is 41.3 Å². The summed E-state index contributed by atoms with van der Waals surface area (Å²) in [7, 11) is 0. The van der Waals surface area contributed by atoms with Gasteiger partial charge in [-0.2, -0.15) is 0 Å². The van der Waals surface area contributed by atoms with Gasteiger partial charge < -0.3 is 9.64 Å². The van der Waals surface area contributed by atoms with Gasteiger partial charge in [0.1, 0.15) is 18.1 Å². The van der Waals surface area contributed by atoms with Crippen LogP contribution in [0, 0.1) is 11.6 Å². The molecule has 0 spiro atoms. The lowest BCUT2D eigenvalue weighted by molar-refractivity contribution is -0.145. The zero-order valence-electron chi connectivity index (χ0n) is 14.0. The highest BCUT2D eigenvalue weighted by Gasteiger charge is 2.25. The van der Waals surface area contributed by atoms with Crippen LogP contribution in [0.1, 0.15) is 31.9 Å². The lowest BCUT2D eigenvalue weighted by Gasteiger charge is -2.29. The van der Waals surface area contributed by atoms with E-state index < -0.39 is 30.2 Å². The number of esters is 1. The van der Waals surface area contributed by atoms with Crippen molar-refractivity contribution in [3.63, 3.8) is 0 Å². The van der Waals surface area contributed by atoms with Gasteiger partial charge in [-0.1, -0.05) is 12.1 Å². The Hall–Kier alpha value is -2.76. The largest absolute Gasteiger partial charge is 0.466 e. The molecule has 25 heavy (non-hydrogen) atoms. The molecule has 132 valence electrons. The third-order valence-electron chi connectivity index (χ3n) is 3.71. The predicted octanol–water partition coefficient (Wildman–Crippen LogP) is 4.01. The van der Waals surface area contributed by atoms with Gasteiger partial charge in [-0.3, -0.25) is 9.59 Å². The number of anilines is 1. The zero-order valence-corrected chi connectivity index (χ0v) is 14.0. The first-order valence-corrected chi connectivity index (χ1v) is 7.91. The summed E-state index contributed by atoms with van der Waals surface area (Å²) in [5, 5.41) is 0. The van der Waals surface area contributed by atoms with Crippen LogP contribution in [0.3, 0.4) is 0 Å². The number of halogens is 2. The molecule has 1 atom stereocenters. The van der Waals surface area contributed by atoms with E-state index in [0.29, 0.717) is 11.3 Å². The molecule has 6 heteroatoms. The Morgan fingerprint density at radius 3 is 2.04 bits per heavy atom. The fraction of sp³-hybridized carbons (Fsp3) is 0.263. The maximum Gasteiger partial charge on any atom is 0.315 e. The van der Waals surface area contributed by atoms with Crippen LogP contribution in [-0.4, -0.2) is 18.5 Å². The van der Waals surface area contributed by atoms with Gasteiger partial charge in [0.2, 0.25) is 5.91 Å². The minimum atomic E-state index is -0.633. The van der Waals surface area contributed by atoms with Crippen molar-refractivity contribution >= 4 is 17.6 Å². The molecule has 1 amide bonds.